The molecule has 33 heavy (non-hydrogen) atoms. The second-order valence-electron chi connectivity index (χ2n) is 9.40. The number of aromatic nitrogens is 1. The lowest BCUT2D eigenvalue weighted by Gasteiger charge is -2.28. The van der Waals surface area contributed by atoms with Crippen molar-refractivity contribution in [2.24, 2.45) is 13.0 Å². The molecule has 0 N–H and O–H groups in total. The van der Waals surface area contributed by atoms with E-state index in [2.05, 4.69) is 12.1 Å². The number of benzene rings is 2. The van der Waals surface area contributed by atoms with Gasteiger partial charge < -0.3 is 14.4 Å². The summed E-state index contributed by atoms with van der Waals surface area (Å²) in [5.41, 5.74) is 3.40. The average Bonchev–Trinajstić information content (AvgIpc) is 3.76. The highest BCUT2D eigenvalue weighted by Gasteiger charge is 2.48. The van der Waals surface area contributed by atoms with Crippen molar-refractivity contribution < 1.29 is 9.59 Å². The van der Waals surface area contributed by atoms with Gasteiger partial charge in [0, 0.05) is 37.4 Å². The molecule has 0 aliphatic heterocycles. The molecule has 5 nitrogen and oxygen atoms in total. The Balaban J connectivity index is 1.30. The Hall–Kier alpha value is -3.34. The molecule has 2 amide bonds. The summed E-state index contributed by atoms with van der Waals surface area (Å²) in [4.78, 5) is 30.7. The lowest BCUT2D eigenvalue weighted by Crippen LogP contribution is -2.44. The fourth-order valence-corrected chi connectivity index (χ4v) is 4.66. The van der Waals surface area contributed by atoms with Crippen molar-refractivity contribution in [2.45, 2.75) is 44.3 Å². The van der Waals surface area contributed by atoms with Crippen LogP contribution >= 0.6 is 0 Å². The summed E-state index contributed by atoms with van der Waals surface area (Å²) in [6.07, 6.45) is 4.88. The Morgan fingerprint density at radius 2 is 1.61 bits per heavy atom. The SMILES string of the molecule is Cn1cccc1CN(Cc1ccccc1)C(=O)CN(C(=O)C1CC1c1ccccc1)C1CC1. The molecule has 2 atom stereocenters. The number of hydrogen-bond donors (Lipinski definition) is 0. The Kier molecular flexibility index (Phi) is 6.03. The molecular weight excluding hydrogens is 410 g/mol. The highest BCUT2D eigenvalue weighted by molar-refractivity contribution is 5.88. The zero-order valence-corrected chi connectivity index (χ0v) is 19.1. The molecule has 1 aromatic heterocycles. The fraction of sp³-hybridized carbons (Fsp3) is 0.357. The zero-order valence-electron chi connectivity index (χ0n) is 19.1. The summed E-state index contributed by atoms with van der Waals surface area (Å²) < 4.78 is 2.05. The van der Waals surface area contributed by atoms with Crippen LogP contribution in [0.3, 0.4) is 0 Å². The van der Waals surface area contributed by atoms with Crippen LogP contribution in [0, 0.1) is 5.92 Å². The van der Waals surface area contributed by atoms with Crippen LogP contribution in [-0.2, 0) is 29.7 Å². The first-order valence-electron chi connectivity index (χ1n) is 11.9. The average molecular weight is 442 g/mol. The number of nitrogens with zero attached hydrogens (tertiary/aromatic N) is 3. The van der Waals surface area contributed by atoms with Gasteiger partial charge in [-0.2, -0.15) is 0 Å². The van der Waals surface area contributed by atoms with Crippen LogP contribution in [0.5, 0.6) is 0 Å². The number of hydrogen-bond acceptors (Lipinski definition) is 2. The fourth-order valence-electron chi connectivity index (χ4n) is 4.66. The van der Waals surface area contributed by atoms with Crippen molar-refractivity contribution >= 4 is 11.8 Å². The zero-order chi connectivity index (χ0) is 22.8. The molecule has 2 aliphatic carbocycles. The molecule has 170 valence electrons. The second-order valence-corrected chi connectivity index (χ2v) is 9.40. The maximum absolute atomic E-state index is 13.5. The molecular formula is C28H31N3O2. The summed E-state index contributed by atoms with van der Waals surface area (Å²) in [7, 11) is 2.00. The minimum atomic E-state index is 0.0104. The lowest BCUT2D eigenvalue weighted by atomic mass is 10.1. The van der Waals surface area contributed by atoms with Crippen molar-refractivity contribution in [3.8, 4) is 0 Å². The van der Waals surface area contributed by atoms with Crippen LogP contribution in [0.4, 0.5) is 0 Å². The van der Waals surface area contributed by atoms with E-state index in [0.29, 0.717) is 19.0 Å². The molecule has 2 saturated carbocycles. The van der Waals surface area contributed by atoms with E-state index in [9.17, 15) is 9.59 Å². The lowest BCUT2D eigenvalue weighted by molar-refractivity contribution is -0.142. The molecule has 0 bridgehead atoms. The predicted octanol–water partition coefficient (Wildman–Crippen LogP) is 4.35. The van der Waals surface area contributed by atoms with E-state index in [1.54, 1.807) is 0 Å². The normalized spacial score (nSPS) is 19.2. The Labute approximate surface area is 195 Å². The molecule has 2 fully saturated rings. The molecule has 2 aromatic carbocycles. The number of carbonyl (C=O) groups is 2. The molecule has 2 aliphatic rings. The van der Waals surface area contributed by atoms with Gasteiger partial charge in [-0.05, 0) is 48.4 Å². The van der Waals surface area contributed by atoms with Gasteiger partial charge in [-0.1, -0.05) is 60.7 Å². The van der Waals surface area contributed by atoms with Gasteiger partial charge in [-0.3, -0.25) is 9.59 Å². The van der Waals surface area contributed by atoms with Gasteiger partial charge in [0.2, 0.25) is 11.8 Å². The summed E-state index contributed by atoms with van der Waals surface area (Å²) in [5, 5.41) is 0. The first-order chi connectivity index (χ1) is 16.1. The Bertz CT molecular complexity index is 1100. The highest BCUT2D eigenvalue weighted by atomic mass is 16.2. The third-order valence-corrected chi connectivity index (χ3v) is 6.88. The van der Waals surface area contributed by atoms with Crippen LogP contribution < -0.4 is 0 Å². The minimum Gasteiger partial charge on any atom is -0.353 e. The number of rotatable bonds is 9. The van der Waals surface area contributed by atoms with Crippen molar-refractivity contribution in [1.29, 1.82) is 0 Å². The molecule has 0 radical (unpaired) electrons. The minimum absolute atomic E-state index is 0.0104. The molecule has 3 aromatic rings. The van der Waals surface area contributed by atoms with Crippen molar-refractivity contribution in [1.82, 2.24) is 14.4 Å². The molecule has 5 heteroatoms. The number of amides is 2. The molecule has 1 heterocycles. The summed E-state index contributed by atoms with van der Waals surface area (Å²) in [6.45, 7) is 1.23. The Morgan fingerprint density at radius 1 is 0.909 bits per heavy atom. The first-order valence-corrected chi connectivity index (χ1v) is 11.9. The van der Waals surface area contributed by atoms with Crippen LogP contribution in [0.15, 0.2) is 79.0 Å². The number of aryl methyl sites for hydroxylation is 1. The third kappa shape index (κ3) is 5.03. The first kappa shape index (κ1) is 21.5. The van der Waals surface area contributed by atoms with E-state index < -0.39 is 0 Å². The van der Waals surface area contributed by atoms with E-state index in [1.165, 1.54) is 5.56 Å². The summed E-state index contributed by atoms with van der Waals surface area (Å²) in [6, 6.07) is 24.6. The van der Waals surface area contributed by atoms with Crippen LogP contribution in [0.1, 0.15) is 42.0 Å². The smallest absolute Gasteiger partial charge is 0.242 e. The van der Waals surface area contributed by atoms with E-state index in [-0.39, 0.29) is 30.3 Å². The van der Waals surface area contributed by atoms with Gasteiger partial charge >= 0.3 is 0 Å². The van der Waals surface area contributed by atoms with Gasteiger partial charge in [-0.15, -0.1) is 0 Å². The quantitative estimate of drug-likeness (QED) is 0.496. The third-order valence-electron chi connectivity index (χ3n) is 6.88. The van der Waals surface area contributed by atoms with Gasteiger partial charge in [0.05, 0.1) is 6.54 Å². The van der Waals surface area contributed by atoms with E-state index in [4.69, 9.17) is 0 Å². The van der Waals surface area contributed by atoms with E-state index >= 15 is 0 Å². The highest BCUT2D eigenvalue weighted by Crippen LogP contribution is 2.49. The van der Waals surface area contributed by atoms with Crippen LogP contribution in [-0.4, -0.2) is 38.8 Å². The van der Waals surface area contributed by atoms with Crippen LogP contribution in [0.25, 0.3) is 0 Å². The maximum atomic E-state index is 13.5. The van der Waals surface area contributed by atoms with Gasteiger partial charge in [0.15, 0.2) is 0 Å². The monoisotopic (exact) mass is 441 g/mol. The topological polar surface area (TPSA) is 45.6 Å². The van der Waals surface area contributed by atoms with E-state index in [1.807, 2.05) is 88.3 Å². The van der Waals surface area contributed by atoms with Crippen molar-refractivity contribution in [3.63, 3.8) is 0 Å². The van der Waals surface area contributed by atoms with Gasteiger partial charge in [0.1, 0.15) is 6.54 Å². The molecule has 5 rings (SSSR count). The Morgan fingerprint density at radius 3 is 2.24 bits per heavy atom. The van der Waals surface area contributed by atoms with Crippen LogP contribution in [0.2, 0.25) is 0 Å². The molecule has 2 unspecified atom stereocenters. The predicted molar refractivity (Wildman–Crippen MR) is 128 cm³/mol. The molecule has 0 saturated heterocycles. The summed E-state index contributed by atoms with van der Waals surface area (Å²) >= 11 is 0. The number of carbonyl (C=O) groups excluding carboxylic acids is 2. The van der Waals surface area contributed by atoms with E-state index in [0.717, 1.165) is 30.5 Å². The van der Waals surface area contributed by atoms with Gasteiger partial charge in [0.25, 0.3) is 0 Å². The van der Waals surface area contributed by atoms with Crippen molar-refractivity contribution in [3.05, 3.63) is 95.8 Å². The molecule has 0 spiro atoms. The maximum Gasteiger partial charge on any atom is 0.242 e. The van der Waals surface area contributed by atoms with Gasteiger partial charge in [-0.25, -0.2) is 0 Å². The second kappa shape index (κ2) is 9.26. The van der Waals surface area contributed by atoms with Crippen molar-refractivity contribution in [2.75, 3.05) is 6.54 Å². The summed E-state index contributed by atoms with van der Waals surface area (Å²) in [5.74, 6) is 0.463. The largest absolute Gasteiger partial charge is 0.353 e. The standard InChI is InChI=1S/C28H31N3O2/c1-29-16-8-13-24(29)19-30(18-21-9-4-2-5-10-21)27(32)20-31(23-14-15-23)28(33)26-17-25(26)22-11-6-3-7-12-22/h2-13,16,23,25-26H,14-15,17-20H2,1H3.